The first-order chi connectivity index (χ1) is 13.9. The molecule has 0 saturated carbocycles. The van der Waals surface area contributed by atoms with E-state index < -0.39 is 0 Å². The lowest BCUT2D eigenvalue weighted by atomic mass is 9.73. The number of carbonyl (C=O) groups is 3. The molecule has 1 spiro atoms. The molecular formula is C19H27N5O5. The summed E-state index contributed by atoms with van der Waals surface area (Å²) in [6, 6.07) is 1.95. The Morgan fingerprint density at radius 3 is 2.90 bits per heavy atom. The highest BCUT2D eigenvalue weighted by molar-refractivity contribution is 5.83. The van der Waals surface area contributed by atoms with Gasteiger partial charge < -0.3 is 25.4 Å². The van der Waals surface area contributed by atoms with Crippen molar-refractivity contribution in [2.45, 2.75) is 38.4 Å². The number of aryl methyl sites for hydroxylation is 1. The normalized spacial score (nSPS) is 28.9. The molecule has 29 heavy (non-hydrogen) atoms. The van der Waals surface area contributed by atoms with Gasteiger partial charge in [-0.3, -0.25) is 14.4 Å². The molecular weight excluding hydrogens is 378 g/mol. The van der Waals surface area contributed by atoms with Crippen molar-refractivity contribution in [3.05, 3.63) is 18.1 Å². The highest BCUT2D eigenvalue weighted by Crippen LogP contribution is 2.55. The first-order valence-electron chi connectivity index (χ1n) is 9.70. The number of fused-ring (bicyclic) bond motifs is 1. The van der Waals surface area contributed by atoms with E-state index in [1.165, 1.54) is 6.92 Å². The van der Waals surface area contributed by atoms with Gasteiger partial charge in [-0.2, -0.15) is 0 Å². The summed E-state index contributed by atoms with van der Waals surface area (Å²) in [7, 11) is 0. The molecule has 158 valence electrons. The van der Waals surface area contributed by atoms with E-state index in [9.17, 15) is 9.59 Å². The predicted octanol–water partition coefficient (Wildman–Crippen LogP) is -0.278. The Morgan fingerprint density at radius 2 is 2.21 bits per heavy atom. The van der Waals surface area contributed by atoms with Crippen LogP contribution in [0.15, 0.2) is 12.3 Å². The zero-order valence-electron chi connectivity index (χ0n) is 16.6. The average molecular weight is 405 g/mol. The van der Waals surface area contributed by atoms with Gasteiger partial charge in [-0.1, -0.05) is 0 Å². The number of ether oxygens (including phenoxy) is 1. The molecule has 1 aromatic heterocycles. The molecule has 4 atom stereocenters. The van der Waals surface area contributed by atoms with E-state index in [2.05, 4.69) is 25.5 Å². The molecule has 0 aliphatic carbocycles. The van der Waals surface area contributed by atoms with Crippen molar-refractivity contribution >= 4 is 24.1 Å². The van der Waals surface area contributed by atoms with E-state index in [0.717, 1.165) is 37.6 Å². The lowest BCUT2D eigenvalue weighted by molar-refractivity contribution is -0.125. The van der Waals surface area contributed by atoms with Gasteiger partial charge in [-0.05, 0) is 25.8 Å². The van der Waals surface area contributed by atoms with Crippen LogP contribution in [0.5, 0.6) is 0 Å². The number of nitrogens with one attached hydrogen (secondary N) is 2. The third kappa shape index (κ3) is 4.47. The summed E-state index contributed by atoms with van der Waals surface area (Å²) in [5, 5.41) is 12.4. The number of hydrogen-bond acceptors (Lipinski definition) is 7. The van der Waals surface area contributed by atoms with E-state index >= 15 is 0 Å². The molecule has 2 amide bonds. The molecule has 4 rings (SSSR count). The van der Waals surface area contributed by atoms with Gasteiger partial charge in [0, 0.05) is 44.6 Å². The molecule has 0 aromatic carbocycles. The SMILES string of the molecule is CC(=O)NCC(=O)NC[C@H]1[C@H]2CN(c3ccnc(C)n3)C[C@]23CC[C@H]1O3.O=CO. The second-order valence-corrected chi connectivity index (χ2v) is 7.69. The van der Waals surface area contributed by atoms with Crippen molar-refractivity contribution in [3.63, 3.8) is 0 Å². The second-order valence-electron chi connectivity index (χ2n) is 7.69. The molecule has 0 radical (unpaired) electrons. The number of rotatable bonds is 5. The van der Waals surface area contributed by atoms with Crippen LogP contribution in [0.25, 0.3) is 0 Å². The Morgan fingerprint density at radius 1 is 1.45 bits per heavy atom. The number of carbonyl (C=O) groups excluding carboxylic acids is 2. The predicted molar refractivity (Wildman–Crippen MR) is 103 cm³/mol. The maximum atomic E-state index is 11.9. The summed E-state index contributed by atoms with van der Waals surface area (Å²) in [5.74, 6) is 2.05. The number of carboxylic acid groups (broad SMARTS) is 1. The smallest absolute Gasteiger partial charge is 0.290 e. The number of anilines is 1. The zero-order valence-corrected chi connectivity index (χ0v) is 16.6. The fourth-order valence-corrected chi connectivity index (χ4v) is 4.76. The number of amides is 2. The molecule has 4 heterocycles. The highest BCUT2D eigenvalue weighted by atomic mass is 16.5. The van der Waals surface area contributed by atoms with Crippen LogP contribution in [0.2, 0.25) is 0 Å². The number of hydrogen-bond donors (Lipinski definition) is 3. The molecule has 2 bridgehead atoms. The molecule has 3 N–H and O–H groups in total. The Balaban J connectivity index is 0.000000755. The summed E-state index contributed by atoms with van der Waals surface area (Å²) < 4.78 is 6.40. The lowest BCUT2D eigenvalue weighted by Gasteiger charge is -2.29. The maximum absolute atomic E-state index is 11.9. The van der Waals surface area contributed by atoms with Gasteiger partial charge in [0.25, 0.3) is 6.47 Å². The van der Waals surface area contributed by atoms with E-state index in [1.807, 2.05) is 13.0 Å². The van der Waals surface area contributed by atoms with Crippen molar-refractivity contribution in [2.24, 2.45) is 11.8 Å². The average Bonchev–Trinajstić information content (AvgIpc) is 3.34. The fraction of sp³-hybridized carbons (Fsp3) is 0.632. The standard InChI is InChI=1S/C18H25N5O3.CH2O2/c1-11-19-6-4-16(22-11)23-9-14-13(7-21-17(25)8-20-12(2)24)15-3-5-18(14,10-23)26-15;2-1-3/h4,6,13-15H,3,5,7-10H2,1-2H3,(H,20,24)(H,21,25);1H,(H,2,3)/t13-,14+,15+,18+;/m0./s1. The number of nitrogens with zero attached hydrogens (tertiary/aromatic N) is 3. The fourth-order valence-electron chi connectivity index (χ4n) is 4.76. The van der Waals surface area contributed by atoms with E-state index in [-0.39, 0.29) is 36.5 Å². The van der Waals surface area contributed by atoms with E-state index in [1.54, 1.807) is 6.20 Å². The Hall–Kier alpha value is -2.75. The summed E-state index contributed by atoms with van der Waals surface area (Å²) in [5.41, 5.74) is -0.115. The molecule has 1 aromatic rings. The van der Waals surface area contributed by atoms with Gasteiger partial charge in [0.1, 0.15) is 11.6 Å². The van der Waals surface area contributed by atoms with Crippen LogP contribution >= 0.6 is 0 Å². The van der Waals surface area contributed by atoms with Crippen molar-refractivity contribution in [2.75, 3.05) is 31.1 Å². The topological polar surface area (TPSA) is 134 Å². The Bertz CT molecular complexity index is 775. The van der Waals surface area contributed by atoms with E-state index in [4.69, 9.17) is 14.6 Å². The molecule has 10 heteroatoms. The third-order valence-corrected chi connectivity index (χ3v) is 5.90. The Kier molecular flexibility index (Phi) is 6.31. The molecule has 3 aliphatic rings. The van der Waals surface area contributed by atoms with Crippen LogP contribution in [-0.2, 0) is 19.1 Å². The summed E-state index contributed by atoms with van der Waals surface area (Å²) in [6.45, 7) is 5.40. The van der Waals surface area contributed by atoms with Crippen molar-refractivity contribution < 1.29 is 24.2 Å². The Labute approximate surface area is 169 Å². The zero-order chi connectivity index (χ0) is 21.0. The van der Waals surface area contributed by atoms with Gasteiger partial charge >= 0.3 is 0 Å². The number of aromatic nitrogens is 2. The monoisotopic (exact) mass is 405 g/mol. The quantitative estimate of drug-likeness (QED) is 0.570. The second kappa shape index (κ2) is 8.73. The van der Waals surface area contributed by atoms with Crippen LogP contribution in [0.1, 0.15) is 25.6 Å². The van der Waals surface area contributed by atoms with Gasteiger partial charge in [0.2, 0.25) is 11.8 Å². The minimum absolute atomic E-state index is 0.0235. The molecule has 10 nitrogen and oxygen atoms in total. The first-order valence-corrected chi connectivity index (χ1v) is 9.70. The highest BCUT2D eigenvalue weighted by Gasteiger charge is 2.63. The third-order valence-electron chi connectivity index (χ3n) is 5.90. The van der Waals surface area contributed by atoms with Gasteiger partial charge in [0.15, 0.2) is 0 Å². The summed E-state index contributed by atoms with van der Waals surface area (Å²) in [4.78, 5) is 42.2. The van der Waals surface area contributed by atoms with Gasteiger partial charge in [0.05, 0.1) is 18.2 Å². The maximum Gasteiger partial charge on any atom is 0.290 e. The van der Waals surface area contributed by atoms with Crippen LogP contribution in [0.4, 0.5) is 5.82 Å². The first kappa shape index (κ1) is 21.0. The van der Waals surface area contributed by atoms with Crippen LogP contribution in [0.3, 0.4) is 0 Å². The van der Waals surface area contributed by atoms with Gasteiger partial charge in [-0.15, -0.1) is 0 Å². The molecule has 3 aliphatic heterocycles. The summed E-state index contributed by atoms with van der Waals surface area (Å²) >= 11 is 0. The van der Waals surface area contributed by atoms with Crippen molar-refractivity contribution in [3.8, 4) is 0 Å². The molecule has 3 fully saturated rings. The van der Waals surface area contributed by atoms with Crippen molar-refractivity contribution in [1.29, 1.82) is 0 Å². The largest absolute Gasteiger partial charge is 0.483 e. The van der Waals surface area contributed by atoms with Crippen LogP contribution in [0, 0.1) is 18.8 Å². The summed E-state index contributed by atoms with van der Waals surface area (Å²) in [6.07, 6.45) is 4.12. The molecule has 3 saturated heterocycles. The minimum Gasteiger partial charge on any atom is -0.483 e. The van der Waals surface area contributed by atoms with Crippen molar-refractivity contribution in [1.82, 2.24) is 20.6 Å². The van der Waals surface area contributed by atoms with E-state index in [0.29, 0.717) is 18.4 Å². The van der Waals surface area contributed by atoms with Gasteiger partial charge in [-0.25, -0.2) is 9.97 Å². The van der Waals surface area contributed by atoms with Crippen LogP contribution in [-0.4, -0.2) is 71.2 Å². The molecule has 0 unspecified atom stereocenters. The minimum atomic E-state index is -0.250. The van der Waals surface area contributed by atoms with Crippen LogP contribution < -0.4 is 15.5 Å². The lowest BCUT2D eigenvalue weighted by Crippen LogP contribution is -2.44.